The summed E-state index contributed by atoms with van der Waals surface area (Å²) in [5.41, 5.74) is -0.713. The van der Waals surface area contributed by atoms with Gasteiger partial charge in [0.1, 0.15) is 11.7 Å². The molecular formula is C13H12FNO5. The van der Waals surface area contributed by atoms with E-state index in [1.54, 1.807) is 0 Å². The van der Waals surface area contributed by atoms with Crippen molar-refractivity contribution in [3.63, 3.8) is 0 Å². The summed E-state index contributed by atoms with van der Waals surface area (Å²) < 4.78 is 17.9. The van der Waals surface area contributed by atoms with E-state index in [1.807, 2.05) is 0 Å². The topological polar surface area (TPSA) is 86.5 Å². The van der Waals surface area contributed by atoms with E-state index in [9.17, 15) is 24.1 Å². The lowest BCUT2D eigenvalue weighted by Crippen LogP contribution is -2.25. The molecule has 0 amide bonds. The predicted octanol–water partition coefficient (Wildman–Crippen LogP) is 1.97. The number of halogens is 1. The van der Waals surface area contributed by atoms with Crippen molar-refractivity contribution < 1.29 is 23.6 Å². The Morgan fingerprint density at radius 1 is 1.45 bits per heavy atom. The summed E-state index contributed by atoms with van der Waals surface area (Å²) in [6.07, 6.45) is 1.27. The van der Waals surface area contributed by atoms with Gasteiger partial charge in [-0.05, 0) is 25.0 Å². The lowest BCUT2D eigenvalue weighted by atomic mass is 9.90. The van der Waals surface area contributed by atoms with Crippen LogP contribution in [0.3, 0.4) is 0 Å². The number of ether oxygens (including phenoxy) is 1. The molecule has 0 heterocycles. The van der Waals surface area contributed by atoms with E-state index in [0.717, 1.165) is 25.3 Å². The van der Waals surface area contributed by atoms with Gasteiger partial charge in [0.05, 0.1) is 17.6 Å². The van der Waals surface area contributed by atoms with Gasteiger partial charge in [0.15, 0.2) is 5.78 Å². The third-order valence-corrected chi connectivity index (χ3v) is 3.20. The quantitative estimate of drug-likeness (QED) is 0.356. The lowest BCUT2D eigenvalue weighted by Gasteiger charge is -2.14. The average Bonchev–Trinajstić information content (AvgIpc) is 3.22. The molecular weight excluding hydrogens is 269 g/mol. The Hall–Kier alpha value is -2.31. The first-order valence-corrected chi connectivity index (χ1v) is 6.01. The summed E-state index contributed by atoms with van der Waals surface area (Å²) in [5.74, 6) is -3.85. The van der Waals surface area contributed by atoms with E-state index in [0.29, 0.717) is 12.8 Å². The monoisotopic (exact) mass is 281 g/mol. The van der Waals surface area contributed by atoms with Crippen molar-refractivity contribution in [1.29, 1.82) is 0 Å². The number of methoxy groups -OCH3 is 1. The Morgan fingerprint density at radius 3 is 2.60 bits per heavy atom. The van der Waals surface area contributed by atoms with Crippen molar-refractivity contribution >= 4 is 17.4 Å². The van der Waals surface area contributed by atoms with Gasteiger partial charge in [0.2, 0.25) is 0 Å². The number of hydrogen-bond acceptors (Lipinski definition) is 5. The van der Waals surface area contributed by atoms with E-state index < -0.39 is 34.1 Å². The van der Waals surface area contributed by atoms with Crippen LogP contribution >= 0.6 is 0 Å². The molecule has 106 valence electrons. The van der Waals surface area contributed by atoms with Crippen molar-refractivity contribution in [3.05, 3.63) is 39.7 Å². The normalized spacial score (nSPS) is 15.5. The molecule has 1 aromatic carbocycles. The first-order valence-electron chi connectivity index (χ1n) is 6.01. The van der Waals surface area contributed by atoms with Crippen molar-refractivity contribution in [2.45, 2.75) is 18.8 Å². The van der Waals surface area contributed by atoms with Crippen LogP contribution in [0.1, 0.15) is 24.3 Å². The maximum absolute atomic E-state index is 13.3. The van der Waals surface area contributed by atoms with Gasteiger partial charge in [-0.2, -0.15) is 0 Å². The van der Waals surface area contributed by atoms with Gasteiger partial charge in [-0.1, -0.05) is 0 Å². The number of rotatable bonds is 5. The van der Waals surface area contributed by atoms with Crippen LogP contribution in [0, 0.1) is 21.8 Å². The summed E-state index contributed by atoms with van der Waals surface area (Å²) in [6.45, 7) is 0. The zero-order valence-corrected chi connectivity index (χ0v) is 10.7. The zero-order chi connectivity index (χ0) is 14.9. The SMILES string of the molecule is COC(=O)C(C(=O)C1CC1)c1cc(F)ccc1[N+](=O)[O-]. The second-order valence-electron chi connectivity index (χ2n) is 4.59. The minimum atomic E-state index is -1.44. The summed E-state index contributed by atoms with van der Waals surface area (Å²) in [5, 5.41) is 11.0. The second kappa shape index (κ2) is 5.36. The summed E-state index contributed by atoms with van der Waals surface area (Å²) in [6, 6.07) is 2.71. The van der Waals surface area contributed by atoms with Crippen LogP contribution in [0.15, 0.2) is 18.2 Å². The van der Waals surface area contributed by atoms with E-state index in [-0.39, 0.29) is 11.5 Å². The second-order valence-corrected chi connectivity index (χ2v) is 4.59. The van der Waals surface area contributed by atoms with Crippen LogP contribution in [0.4, 0.5) is 10.1 Å². The highest BCUT2D eigenvalue weighted by Crippen LogP contribution is 2.38. The molecule has 6 nitrogen and oxygen atoms in total. The number of nitro groups is 1. The average molecular weight is 281 g/mol. The number of ketones is 1. The van der Waals surface area contributed by atoms with Gasteiger partial charge in [0, 0.05) is 12.0 Å². The van der Waals surface area contributed by atoms with Crippen molar-refractivity contribution in [1.82, 2.24) is 0 Å². The number of nitro benzene ring substituents is 1. The number of nitrogens with zero attached hydrogens (tertiary/aromatic N) is 1. The fraction of sp³-hybridized carbons (Fsp3) is 0.385. The number of Topliss-reactive ketones (excluding diaryl/α,β-unsaturated/α-hetero) is 1. The summed E-state index contributed by atoms with van der Waals surface area (Å²) in [4.78, 5) is 34.2. The molecule has 7 heteroatoms. The predicted molar refractivity (Wildman–Crippen MR) is 65.5 cm³/mol. The van der Waals surface area contributed by atoms with Crippen LogP contribution in [-0.4, -0.2) is 23.8 Å². The zero-order valence-electron chi connectivity index (χ0n) is 10.7. The maximum atomic E-state index is 13.3. The fourth-order valence-corrected chi connectivity index (χ4v) is 2.04. The molecule has 20 heavy (non-hydrogen) atoms. The molecule has 0 N–H and O–H groups in total. The van der Waals surface area contributed by atoms with Gasteiger partial charge in [-0.3, -0.25) is 19.7 Å². The molecule has 0 aliphatic heterocycles. The van der Waals surface area contributed by atoms with E-state index in [1.165, 1.54) is 0 Å². The highest BCUT2D eigenvalue weighted by atomic mass is 19.1. The molecule has 1 atom stereocenters. The third kappa shape index (κ3) is 2.66. The summed E-state index contributed by atoms with van der Waals surface area (Å²) >= 11 is 0. The molecule has 2 rings (SSSR count). The maximum Gasteiger partial charge on any atom is 0.321 e. The molecule has 1 saturated carbocycles. The van der Waals surface area contributed by atoms with Crippen molar-refractivity contribution in [2.24, 2.45) is 5.92 Å². The molecule has 0 spiro atoms. The number of carbonyl (C=O) groups is 2. The fourth-order valence-electron chi connectivity index (χ4n) is 2.04. The van der Waals surface area contributed by atoms with E-state index >= 15 is 0 Å². The van der Waals surface area contributed by atoms with Crippen LogP contribution < -0.4 is 0 Å². The minimum Gasteiger partial charge on any atom is -0.468 e. The van der Waals surface area contributed by atoms with Gasteiger partial charge in [0.25, 0.3) is 5.69 Å². The number of esters is 1. The number of benzene rings is 1. The molecule has 0 radical (unpaired) electrons. The standard InChI is InChI=1S/C13H12FNO5/c1-20-13(17)11(12(16)7-2-3-7)9-6-8(14)4-5-10(9)15(18)19/h4-7,11H,2-3H2,1H3. The Labute approximate surface area is 113 Å². The molecule has 0 bridgehead atoms. The van der Waals surface area contributed by atoms with E-state index in [2.05, 4.69) is 4.74 Å². The smallest absolute Gasteiger partial charge is 0.321 e. The molecule has 1 aliphatic carbocycles. The largest absolute Gasteiger partial charge is 0.468 e. The van der Waals surface area contributed by atoms with Gasteiger partial charge in [-0.25, -0.2) is 4.39 Å². The molecule has 0 saturated heterocycles. The Kier molecular flexibility index (Phi) is 3.78. The molecule has 1 aromatic rings. The Morgan fingerprint density at radius 2 is 2.10 bits per heavy atom. The Balaban J connectivity index is 2.52. The number of carbonyl (C=O) groups excluding carboxylic acids is 2. The minimum absolute atomic E-state index is 0.251. The highest BCUT2D eigenvalue weighted by Gasteiger charge is 2.42. The molecule has 1 unspecified atom stereocenters. The van der Waals surface area contributed by atoms with Crippen molar-refractivity contribution in [3.8, 4) is 0 Å². The van der Waals surface area contributed by atoms with Gasteiger partial charge < -0.3 is 4.74 Å². The highest BCUT2D eigenvalue weighted by molar-refractivity contribution is 6.07. The number of hydrogen-bond donors (Lipinski definition) is 0. The Bertz CT molecular complexity index is 582. The summed E-state index contributed by atoms with van der Waals surface area (Å²) in [7, 11) is 1.08. The molecule has 1 aliphatic rings. The van der Waals surface area contributed by atoms with E-state index in [4.69, 9.17) is 0 Å². The van der Waals surface area contributed by atoms with Gasteiger partial charge >= 0.3 is 5.97 Å². The van der Waals surface area contributed by atoms with Gasteiger partial charge in [-0.15, -0.1) is 0 Å². The van der Waals surface area contributed by atoms with Crippen LogP contribution in [0.25, 0.3) is 0 Å². The van der Waals surface area contributed by atoms with Crippen LogP contribution in [-0.2, 0) is 14.3 Å². The van der Waals surface area contributed by atoms with Crippen LogP contribution in [0.2, 0.25) is 0 Å². The lowest BCUT2D eigenvalue weighted by molar-refractivity contribution is -0.385. The van der Waals surface area contributed by atoms with Crippen molar-refractivity contribution in [2.75, 3.05) is 7.11 Å². The third-order valence-electron chi connectivity index (χ3n) is 3.20. The molecule has 0 aromatic heterocycles. The van der Waals surface area contributed by atoms with Crippen LogP contribution in [0.5, 0.6) is 0 Å². The first kappa shape index (κ1) is 14.1. The first-order chi connectivity index (χ1) is 9.45. The molecule has 1 fully saturated rings.